The Balaban J connectivity index is 0.00000243. The van der Waals surface area contributed by atoms with Crippen molar-refractivity contribution in [2.45, 2.75) is 38.5 Å². The molecule has 0 bridgehead atoms. The van der Waals surface area contributed by atoms with Gasteiger partial charge in [0.15, 0.2) is 5.96 Å². The number of amides is 1. The lowest BCUT2D eigenvalue weighted by atomic mass is 9.86. The Kier molecular flexibility index (Phi) is 8.19. The molecule has 1 saturated carbocycles. The fourth-order valence-electron chi connectivity index (χ4n) is 3.95. The van der Waals surface area contributed by atoms with E-state index in [4.69, 9.17) is 0 Å². The lowest BCUT2D eigenvalue weighted by Gasteiger charge is -2.26. The molecule has 0 aromatic carbocycles. The number of rotatable bonds is 5. The van der Waals surface area contributed by atoms with Gasteiger partial charge in [-0.3, -0.25) is 4.79 Å². The van der Waals surface area contributed by atoms with E-state index < -0.39 is 0 Å². The van der Waals surface area contributed by atoms with Crippen molar-refractivity contribution in [1.82, 2.24) is 15.1 Å². The van der Waals surface area contributed by atoms with Gasteiger partial charge in [0.25, 0.3) is 0 Å². The number of likely N-dealkylation sites (N-methyl/N-ethyl adjacent to an activating group) is 1. The smallest absolute Gasteiger partial charge is 0.243 e. The average Bonchev–Trinajstić information content (AvgIpc) is 3.34. The molecule has 2 heterocycles. The minimum absolute atomic E-state index is 0. The van der Waals surface area contributed by atoms with Gasteiger partial charge in [0.1, 0.15) is 6.54 Å². The Hall–Kier alpha value is -0.830. The molecule has 5 nitrogen and oxygen atoms in total. The predicted octanol–water partition coefficient (Wildman–Crippen LogP) is 3.21. The van der Waals surface area contributed by atoms with Gasteiger partial charge in [-0.25, -0.2) is 4.99 Å². The van der Waals surface area contributed by atoms with Crippen molar-refractivity contribution in [3.63, 3.8) is 0 Å². The second-order valence-corrected chi connectivity index (χ2v) is 8.60. The summed E-state index contributed by atoms with van der Waals surface area (Å²) in [6.45, 7) is 3.23. The van der Waals surface area contributed by atoms with Crippen LogP contribution in [0.25, 0.3) is 0 Å². The van der Waals surface area contributed by atoms with E-state index in [1.165, 1.54) is 37.0 Å². The fourth-order valence-corrected chi connectivity index (χ4v) is 4.66. The highest BCUT2D eigenvalue weighted by molar-refractivity contribution is 14.0. The lowest BCUT2D eigenvalue weighted by Crippen LogP contribution is -2.42. The second kappa shape index (κ2) is 9.92. The zero-order valence-corrected chi connectivity index (χ0v) is 19.0. The third kappa shape index (κ3) is 5.58. The molecule has 0 radical (unpaired) electrons. The molecule has 1 saturated heterocycles. The summed E-state index contributed by atoms with van der Waals surface area (Å²) in [6, 6.07) is 4.26. The second-order valence-electron chi connectivity index (χ2n) is 7.56. The number of carbonyl (C=O) groups is 1. The van der Waals surface area contributed by atoms with E-state index in [1.54, 1.807) is 30.3 Å². The number of guanidine groups is 1. The van der Waals surface area contributed by atoms with Gasteiger partial charge in [0.2, 0.25) is 5.91 Å². The topological polar surface area (TPSA) is 47.9 Å². The van der Waals surface area contributed by atoms with E-state index in [0.29, 0.717) is 5.41 Å². The molecular formula is C19H31IN4OS. The van der Waals surface area contributed by atoms with E-state index in [9.17, 15) is 4.79 Å². The molecule has 7 heteroatoms. The van der Waals surface area contributed by atoms with Gasteiger partial charge >= 0.3 is 0 Å². The maximum atomic E-state index is 11.9. The fraction of sp³-hybridized carbons (Fsp3) is 0.684. The zero-order valence-electron chi connectivity index (χ0n) is 15.9. The summed E-state index contributed by atoms with van der Waals surface area (Å²) >= 11 is 1.79. The van der Waals surface area contributed by atoms with E-state index in [1.807, 2.05) is 0 Å². The number of nitrogens with one attached hydrogen (secondary N) is 1. The standard InChI is InChI=1S/C19H30N4OS.HI/c1-22(2)17(24)14-21-18(20-11-7-16-6-5-13-25-16)23-12-10-19(15-23)8-3-4-9-19;/h5-6,13H,3-4,7-12,14-15H2,1-2H3,(H,20,21);1H. The summed E-state index contributed by atoms with van der Waals surface area (Å²) in [5, 5.41) is 5.63. The van der Waals surface area contributed by atoms with Crippen LogP contribution in [0.2, 0.25) is 0 Å². The number of hydrogen-bond donors (Lipinski definition) is 1. The van der Waals surface area contributed by atoms with Crippen LogP contribution < -0.4 is 5.32 Å². The van der Waals surface area contributed by atoms with Crippen LogP contribution in [0.5, 0.6) is 0 Å². The number of halogens is 1. The van der Waals surface area contributed by atoms with Crippen LogP contribution in [0.1, 0.15) is 37.0 Å². The van der Waals surface area contributed by atoms with Crippen molar-refractivity contribution in [2.75, 3.05) is 40.3 Å². The highest BCUT2D eigenvalue weighted by atomic mass is 127. The number of aliphatic imine (C=N–C) groups is 1. The molecule has 1 amide bonds. The summed E-state index contributed by atoms with van der Waals surface area (Å²) in [7, 11) is 3.57. The van der Waals surface area contributed by atoms with Crippen molar-refractivity contribution in [1.29, 1.82) is 0 Å². The molecule has 26 heavy (non-hydrogen) atoms. The maximum absolute atomic E-state index is 11.9. The largest absolute Gasteiger partial charge is 0.356 e. The van der Waals surface area contributed by atoms with Gasteiger partial charge in [0, 0.05) is 38.6 Å². The van der Waals surface area contributed by atoms with Crippen LogP contribution in [0.15, 0.2) is 22.5 Å². The highest BCUT2D eigenvalue weighted by Gasteiger charge is 2.41. The molecule has 1 N–H and O–H groups in total. The molecule has 1 aliphatic carbocycles. The lowest BCUT2D eigenvalue weighted by molar-refractivity contribution is -0.127. The molecule has 146 valence electrons. The van der Waals surface area contributed by atoms with E-state index >= 15 is 0 Å². The minimum atomic E-state index is 0. The zero-order chi connectivity index (χ0) is 17.7. The minimum Gasteiger partial charge on any atom is -0.356 e. The third-order valence-electron chi connectivity index (χ3n) is 5.50. The molecular weight excluding hydrogens is 459 g/mol. The average molecular weight is 490 g/mol. The highest BCUT2D eigenvalue weighted by Crippen LogP contribution is 2.45. The van der Waals surface area contributed by atoms with Gasteiger partial charge in [-0.05, 0) is 42.5 Å². The Labute approximate surface area is 178 Å². The Bertz CT molecular complexity index is 597. The number of hydrogen-bond acceptors (Lipinski definition) is 3. The van der Waals surface area contributed by atoms with Crippen LogP contribution in [-0.4, -0.2) is 61.9 Å². The van der Waals surface area contributed by atoms with E-state index in [0.717, 1.165) is 32.0 Å². The van der Waals surface area contributed by atoms with Crippen molar-refractivity contribution in [2.24, 2.45) is 10.4 Å². The number of nitrogens with zero attached hydrogens (tertiary/aromatic N) is 3. The third-order valence-corrected chi connectivity index (χ3v) is 6.44. The van der Waals surface area contributed by atoms with Gasteiger partial charge in [0.05, 0.1) is 0 Å². The summed E-state index contributed by atoms with van der Waals surface area (Å²) in [6.07, 6.45) is 7.69. The molecule has 0 atom stereocenters. The first-order chi connectivity index (χ1) is 12.1. The SMILES string of the molecule is CN(C)C(=O)CN=C(NCCc1cccs1)N1CCC2(CCCC2)C1.I. The Morgan fingerprint density at radius 2 is 2.12 bits per heavy atom. The van der Waals surface area contributed by atoms with Crippen molar-refractivity contribution >= 4 is 47.2 Å². The van der Waals surface area contributed by atoms with Crippen LogP contribution >= 0.6 is 35.3 Å². The summed E-state index contributed by atoms with van der Waals surface area (Å²) in [5.41, 5.74) is 0.502. The first kappa shape index (κ1) is 21.5. The van der Waals surface area contributed by atoms with E-state index in [2.05, 4.69) is 32.7 Å². The molecule has 1 aliphatic heterocycles. The monoisotopic (exact) mass is 490 g/mol. The molecule has 0 unspecified atom stereocenters. The molecule has 2 aliphatic rings. The summed E-state index contributed by atoms with van der Waals surface area (Å²) in [4.78, 5) is 22.0. The molecule has 1 spiro atoms. The Morgan fingerprint density at radius 1 is 1.35 bits per heavy atom. The summed E-state index contributed by atoms with van der Waals surface area (Å²) < 4.78 is 0. The normalized spacial score (nSPS) is 18.8. The first-order valence-electron chi connectivity index (χ1n) is 9.34. The van der Waals surface area contributed by atoms with Crippen LogP contribution in [0.4, 0.5) is 0 Å². The molecule has 2 fully saturated rings. The van der Waals surface area contributed by atoms with Crippen LogP contribution in [-0.2, 0) is 11.2 Å². The maximum Gasteiger partial charge on any atom is 0.243 e. The summed E-state index contributed by atoms with van der Waals surface area (Å²) in [5.74, 6) is 0.961. The number of carbonyl (C=O) groups excluding carboxylic acids is 1. The number of likely N-dealkylation sites (tertiary alicyclic amines) is 1. The molecule has 3 rings (SSSR count). The quantitative estimate of drug-likeness (QED) is 0.392. The van der Waals surface area contributed by atoms with Crippen molar-refractivity contribution in [3.8, 4) is 0 Å². The first-order valence-corrected chi connectivity index (χ1v) is 10.2. The number of thiophene rings is 1. The van der Waals surface area contributed by atoms with Gasteiger partial charge < -0.3 is 15.1 Å². The Morgan fingerprint density at radius 3 is 2.77 bits per heavy atom. The van der Waals surface area contributed by atoms with Crippen LogP contribution in [0.3, 0.4) is 0 Å². The van der Waals surface area contributed by atoms with Gasteiger partial charge in [-0.1, -0.05) is 18.9 Å². The van der Waals surface area contributed by atoms with Crippen molar-refractivity contribution < 1.29 is 4.79 Å². The van der Waals surface area contributed by atoms with Crippen molar-refractivity contribution in [3.05, 3.63) is 22.4 Å². The molecule has 1 aromatic heterocycles. The van der Waals surface area contributed by atoms with E-state index in [-0.39, 0.29) is 36.4 Å². The predicted molar refractivity (Wildman–Crippen MR) is 120 cm³/mol. The van der Waals surface area contributed by atoms with Gasteiger partial charge in [-0.2, -0.15) is 0 Å². The van der Waals surface area contributed by atoms with Gasteiger partial charge in [-0.15, -0.1) is 35.3 Å². The van der Waals surface area contributed by atoms with Crippen LogP contribution in [0, 0.1) is 5.41 Å². The molecule has 1 aromatic rings.